The second kappa shape index (κ2) is 14.8. The summed E-state index contributed by atoms with van der Waals surface area (Å²) >= 11 is 0. The molecule has 0 unspecified atom stereocenters. The molecule has 0 saturated heterocycles. The van der Waals surface area contributed by atoms with Crippen molar-refractivity contribution in [2.45, 2.75) is 103 Å². The Morgan fingerprint density at radius 2 is 0.923 bits per heavy atom. The van der Waals surface area contributed by atoms with Crippen LogP contribution in [0.4, 0.5) is 0 Å². The summed E-state index contributed by atoms with van der Waals surface area (Å²) in [4.78, 5) is 0. The van der Waals surface area contributed by atoms with Gasteiger partial charge in [0.2, 0.25) is 0 Å². The monoisotopic (exact) mass is 418 g/mol. The Kier molecular flexibility index (Phi) is 14.6. The van der Waals surface area contributed by atoms with Crippen LogP contribution in [0.2, 0.25) is 0 Å². The lowest BCUT2D eigenvalue weighted by Gasteiger charge is -2.13. The van der Waals surface area contributed by atoms with Crippen LogP contribution in [0, 0.1) is 0 Å². The Balaban J connectivity index is 3.66. The first-order valence-corrected chi connectivity index (χ1v) is 12.2. The molecule has 0 heterocycles. The minimum atomic E-state index is -4.86. The molecule has 0 aromatic carbocycles. The first-order valence-electron chi connectivity index (χ1n) is 9.45. The number of rotatable bonds is 18. The van der Waals surface area contributed by atoms with E-state index in [1.807, 2.05) is 0 Å². The molecule has 2 N–H and O–H groups in total. The summed E-state index contributed by atoms with van der Waals surface area (Å²) in [7, 11) is -9.73. The molecule has 0 radical (unpaired) electrons. The second-order valence-electron chi connectivity index (χ2n) is 6.51. The van der Waals surface area contributed by atoms with Gasteiger partial charge in [0.1, 0.15) is 0 Å². The molecule has 0 atom stereocenters. The zero-order valence-electron chi connectivity index (χ0n) is 15.6. The molecule has 0 aromatic heterocycles. The van der Waals surface area contributed by atoms with Gasteiger partial charge in [0.25, 0.3) is 0 Å². The van der Waals surface area contributed by atoms with Crippen molar-refractivity contribution in [2.75, 3.05) is 0 Å². The van der Waals surface area contributed by atoms with Crippen molar-refractivity contribution in [3.63, 3.8) is 0 Å². The van der Waals surface area contributed by atoms with Gasteiger partial charge in [-0.1, -0.05) is 84.0 Å². The molecule has 26 heavy (non-hydrogen) atoms. The Morgan fingerprint density at radius 1 is 0.615 bits per heavy atom. The fourth-order valence-corrected chi connectivity index (χ4v) is 3.58. The van der Waals surface area contributed by atoms with Crippen LogP contribution in [0.25, 0.3) is 0 Å². The minimum Gasteiger partial charge on any atom is -0.263 e. The van der Waals surface area contributed by atoms with E-state index in [1.54, 1.807) is 0 Å². The van der Waals surface area contributed by atoms with Gasteiger partial charge < -0.3 is 0 Å². The second-order valence-corrected chi connectivity index (χ2v) is 8.60. The van der Waals surface area contributed by atoms with Crippen LogP contribution in [0.1, 0.15) is 96.8 Å². The van der Waals surface area contributed by atoms with E-state index in [9.17, 15) is 16.8 Å². The standard InChI is InChI=1S/C16H34O8S2/c1-2-3-4-5-6-7-8-9-10-11-12-13-14-15-16(23-25(17,18)19)24-26(20,21)22/h16H,2-15H2,1H3,(H,17,18,19)(H,20,21,22). The highest BCUT2D eigenvalue weighted by Crippen LogP contribution is 2.16. The zero-order chi connectivity index (χ0) is 19.9. The summed E-state index contributed by atoms with van der Waals surface area (Å²) in [6.07, 6.45) is 12.8. The van der Waals surface area contributed by atoms with E-state index in [0.29, 0.717) is 6.42 Å². The van der Waals surface area contributed by atoms with Crippen LogP contribution in [-0.2, 0) is 29.2 Å². The Labute approximate surface area is 158 Å². The van der Waals surface area contributed by atoms with Gasteiger partial charge >= 0.3 is 20.8 Å². The third-order valence-electron chi connectivity index (χ3n) is 4.00. The van der Waals surface area contributed by atoms with E-state index < -0.39 is 27.1 Å². The van der Waals surface area contributed by atoms with Gasteiger partial charge in [-0.3, -0.25) is 9.11 Å². The smallest absolute Gasteiger partial charge is 0.263 e. The lowest BCUT2D eigenvalue weighted by molar-refractivity contribution is -0.00758. The highest BCUT2D eigenvalue weighted by atomic mass is 32.3. The van der Waals surface area contributed by atoms with Crippen molar-refractivity contribution in [2.24, 2.45) is 0 Å². The van der Waals surface area contributed by atoms with Gasteiger partial charge in [-0.05, 0) is 6.42 Å². The lowest BCUT2D eigenvalue weighted by Crippen LogP contribution is -2.24. The van der Waals surface area contributed by atoms with E-state index in [1.165, 1.54) is 51.4 Å². The van der Waals surface area contributed by atoms with Gasteiger partial charge in [-0.2, -0.15) is 16.8 Å². The van der Waals surface area contributed by atoms with Crippen LogP contribution >= 0.6 is 0 Å². The van der Waals surface area contributed by atoms with E-state index >= 15 is 0 Å². The maximum absolute atomic E-state index is 10.6. The van der Waals surface area contributed by atoms with Gasteiger partial charge in [-0.15, -0.1) is 0 Å². The summed E-state index contributed by atoms with van der Waals surface area (Å²) in [6.45, 7) is 2.21. The fourth-order valence-electron chi connectivity index (χ4n) is 2.71. The van der Waals surface area contributed by atoms with Crippen LogP contribution in [0.15, 0.2) is 0 Å². The van der Waals surface area contributed by atoms with Crippen LogP contribution < -0.4 is 0 Å². The third-order valence-corrected chi connectivity index (χ3v) is 4.92. The summed E-state index contributed by atoms with van der Waals surface area (Å²) in [5.41, 5.74) is 0. The van der Waals surface area contributed by atoms with Crippen molar-refractivity contribution in [3.8, 4) is 0 Å². The van der Waals surface area contributed by atoms with Crippen molar-refractivity contribution in [1.29, 1.82) is 0 Å². The SMILES string of the molecule is CCCCCCCCCCCCCCCC(OS(=O)(=O)O)OS(=O)(=O)O. The molecule has 0 rings (SSSR count). The normalized spacial score (nSPS) is 12.8. The average molecular weight is 419 g/mol. The van der Waals surface area contributed by atoms with E-state index in [0.717, 1.165) is 25.7 Å². The van der Waals surface area contributed by atoms with Crippen molar-refractivity contribution in [1.82, 2.24) is 0 Å². The largest absolute Gasteiger partial charge is 0.399 e. The highest BCUT2D eigenvalue weighted by molar-refractivity contribution is 7.81. The molecule has 0 amide bonds. The summed E-state index contributed by atoms with van der Waals surface area (Å²) in [5.74, 6) is 0. The molecule has 158 valence electrons. The van der Waals surface area contributed by atoms with Crippen molar-refractivity contribution in [3.05, 3.63) is 0 Å². The summed E-state index contributed by atoms with van der Waals surface area (Å²) in [6, 6.07) is 0. The highest BCUT2D eigenvalue weighted by Gasteiger charge is 2.23. The van der Waals surface area contributed by atoms with Crippen LogP contribution in [0.3, 0.4) is 0 Å². The average Bonchev–Trinajstić information content (AvgIpc) is 2.48. The molecule has 10 heteroatoms. The molecule has 0 aromatic rings. The number of unbranched alkanes of at least 4 members (excludes halogenated alkanes) is 12. The van der Waals surface area contributed by atoms with Crippen LogP contribution in [-0.4, -0.2) is 32.2 Å². The molecule has 0 aliphatic carbocycles. The van der Waals surface area contributed by atoms with Gasteiger partial charge in [0.05, 0.1) is 0 Å². The van der Waals surface area contributed by atoms with Gasteiger partial charge in [-0.25, -0.2) is 8.37 Å². The van der Waals surface area contributed by atoms with Crippen molar-refractivity contribution < 1.29 is 34.3 Å². The lowest BCUT2D eigenvalue weighted by atomic mass is 10.0. The van der Waals surface area contributed by atoms with Gasteiger partial charge in [0.15, 0.2) is 6.29 Å². The maximum atomic E-state index is 10.6. The molecule has 0 saturated carbocycles. The Hall–Kier alpha value is -0.260. The summed E-state index contributed by atoms with van der Waals surface area (Å²) in [5, 5.41) is 0. The first kappa shape index (κ1) is 25.7. The molecule has 0 bridgehead atoms. The fraction of sp³-hybridized carbons (Fsp3) is 1.00. The molecule has 8 nitrogen and oxygen atoms in total. The summed E-state index contributed by atoms with van der Waals surface area (Å²) < 4.78 is 67.9. The molecular weight excluding hydrogens is 384 g/mol. The van der Waals surface area contributed by atoms with E-state index in [2.05, 4.69) is 15.3 Å². The van der Waals surface area contributed by atoms with Crippen molar-refractivity contribution >= 4 is 20.8 Å². The molecule has 0 spiro atoms. The quantitative estimate of drug-likeness (QED) is 0.190. The molecule has 0 fully saturated rings. The predicted molar refractivity (Wildman–Crippen MR) is 99.4 cm³/mol. The molecule has 0 aliphatic heterocycles. The number of hydrogen-bond acceptors (Lipinski definition) is 6. The maximum Gasteiger partial charge on any atom is 0.399 e. The predicted octanol–water partition coefficient (Wildman–Crippen LogP) is 4.43. The zero-order valence-corrected chi connectivity index (χ0v) is 17.3. The first-order chi connectivity index (χ1) is 12.1. The van der Waals surface area contributed by atoms with E-state index in [-0.39, 0.29) is 6.42 Å². The number of hydrogen-bond donors (Lipinski definition) is 2. The Morgan fingerprint density at radius 3 is 1.23 bits per heavy atom. The van der Waals surface area contributed by atoms with Gasteiger partial charge in [0, 0.05) is 6.42 Å². The van der Waals surface area contributed by atoms with E-state index in [4.69, 9.17) is 9.11 Å². The molecular formula is C16H34O8S2. The minimum absolute atomic E-state index is 0.0721. The molecule has 0 aliphatic rings. The van der Waals surface area contributed by atoms with Crippen LogP contribution in [0.5, 0.6) is 0 Å². The topological polar surface area (TPSA) is 127 Å². The Bertz CT molecular complexity index is 496. The third kappa shape index (κ3) is 20.1.